The zero-order valence-electron chi connectivity index (χ0n) is 16.5. The number of fused-ring (bicyclic) bond motifs is 1. The minimum atomic E-state index is 0.0656. The Morgan fingerprint density at radius 1 is 1.29 bits per heavy atom. The van der Waals surface area contributed by atoms with E-state index < -0.39 is 0 Å². The molecule has 6 heteroatoms. The molecule has 5 nitrogen and oxygen atoms in total. The van der Waals surface area contributed by atoms with Crippen LogP contribution in [-0.2, 0) is 11.3 Å². The molecular weight excluding hydrogens is 370 g/mol. The molecule has 1 amide bonds. The lowest BCUT2D eigenvalue weighted by Crippen LogP contribution is -2.39. The second kappa shape index (κ2) is 11.1. The lowest BCUT2D eigenvalue weighted by atomic mass is 10.1. The lowest BCUT2D eigenvalue weighted by molar-refractivity contribution is -0.118. The van der Waals surface area contributed by atoms with Crippen LogP contribution in [0.4, 0.5) is 0 Å². The van der Waals surface area contributed by atoms with Gasteiger partial charge in [-0.2, -0.15) is 0 Å². The van der Waals surface area contributed by atoms with E-state index in [-0.39, 0.29) is 12.0 Å². The summed E-state index contributed by atoms with van der Waals surface area (Å²) < 4.78 is 6.27. The van der Waals surface area contributed by atoms with Gasteiger partial charge >= 0.3 is 0 Å². The number of aromatic nitrogens is 1. The van der Waals surface area contributed by atoms with Gasteiger partial charge in [-0.25, -0.2) is 0 Å². The van der Waals surface area contributed by atoms with E-state index in [2.05, 4.69) is 40.3 Å². The molecule has 0 saturated heterocycles. The monoisotopic (exact) mass is 399 g/mol. The third-order valence-corrected chi connectivity index (χ3v) is 5.78. The molecule has 0 fully saturated rings. The molecule has 1 aromatic carbocycles. The number of thioether (sulfide) groups is 1. The van der Waals surface area contributed by atoms with Gasteiger partial charge in [-0.05, 0) is 31.0 Å². The molecule has 0 unspecified atom stereocenters. The molecule has 0 saturated carbocycles. The number of benzene rings is 1. The number of amides is 1. The topological polar surface area (TPSA) is 54.5 Å². The van der Waals surface area contributed by atoms with Crippen LogP contribution in [0.1, 0.15) is 31.7 Å². The third kappa shape index (κ3) is 6.53. The molecule has 0 radical (unpaired) electrons. The number of para-hydroxylation sites is 1. The Morgan fingerprint density at radius 2 is 2.11 bits per heavy atom. The van der Waals surface area contributed by atoms with Crippen molar-refractivity contribution in [2.75, 3.05) is 25.4 Å². The van der Waals surface area contributed by atoms with Crippen molar-refractivity contribution in [3.63, 3.8) is 0 Å². The smallest absolute Gasteiger partial charge is 0.230 e. The van der Waals surface area contributed by atoms with Gasteiger partial charge in [-0.3, -0.25) is 14.7 Å². The Hall–Kier alpha value is -2.05. The molecule has 0 bridgehead atoms. The number of pyridine rings is 1. The van der Waals surface area contributed by atoms with Crippen LogP contribution in [0.2, 0.25) is 0 Å². The van der Waals surface area contributed by atoms with Crippen LogP contribution in [0.15, 0.2) is 53.7 Å². The van der Waals surface area contributed by atoms with Crippen LogP contribution in [0.3, 0.4) is 0 Å². The number of carbonyl (C=O) groups excluding carboxylic acids is 1. The van der Waals surface area contributed by atoms with Gasteiger partial charge in [0.25, 0.3) is 0 Å². The molecule has 2 aromatic rings. The average molecular weight is 400 g/mol. The number of nitrogens with one attached hydrogen (secondary N) is 1. The van der Waals surface area contributed by atoms with E-state index in [0.717, 1.165) is 36.7 Å². The van der Waals surface area contributed by atoms with Crippen LogP contribution < -0.4 is 10.1 Å². The van der Waals surface area contributed by atoms with Gasteiger partial charge in [-0.15, -0.1) is 11.8 Å². The van der Waals surface area contributed by atoms with Gasteiger partial charge in [-0.1, -0.05) is 31.5 Å². The summed E-state index contributed by atoms with van der Waals surface area (Å²) in [5.41, 5.74) is 1.22. The first-order chi connectivity index (χ1) is 13.7. The minimum absolute atomic E-state index is 0.0656. The molecule has 2 heterocycles. The molecule has 150 valence electrons. The first-order valence-corrected chi connectivity index (χ1v) is 11.0. The van der Waals surface area contributed by atoms with Crippen molar-refractivity contribution in [3.8, 4) is 5.75 Å². The second-order valence-corrected chi connectivity index (χ2v) is 8.10. The Labute approximate surface area is 171 Å². The normalized spacial score (nSPS) is 16.7. The summed E-state index contributed by atoms with van der Waals surface area (Å²) in [5.74, 6) is 1.49. The number of ether oxygens (including phenoxy) is 1. The first kappa shape index (κ1) is 20.7. The summed E-state index contributed by atoms with van der Waals surface area (Å²) in [6.45, 7) is 5.45. The molecule has 0 spiro atoms. The number of hydrogen-bond donors (Lipinski definition) is 1. The van der Waals surface area contributed by atoms with Crippen molar-refractivity contribution in [2.45, 2.75) is 43.7 Å². The highest BCUT2D eigenvalue weighted by Crippen LogP contribution is 2.26. The van der Waals surface area contributed by atoms with E-state index in [4.69, 9.17) is 4.74 Å². The maximum absolute atomic E-state index is 12.1. The Balaban J connectivity index is 1.47. The number of rotatable bonds is 9. The molecule has 0 aliphatic carbocycles. The van der Waals surface area contributed by atoms with E-state index in [9.17, 15) is 4.79 Å². The van der Waals surface area contributed by atoms with E-state index in [1.54, 1.807) is 12.4 Å². The molecule has 1 atom stereocenters. The molecule has 1 aliphatic rings. The summed E-state index contributed by atoms with van der Waals surface area (Å²) in [6, 6.07) is 12.1. The van der Waals surface area contributed by atoms with Crippen LogP contribution in [0, 0.1) is 0 Å². The average Bonchev–Trinajstić information content (AvgIpc) is 2.90. The second-order valence-electron chi connectivity index (χ2n) is 7.05. The van der Waals surface area contributed by atoms with Crippen LogP contribution in [0.25, 0.3) is 0 Å². The molecule has 3 rings (SSSR count). The van der Waals surface area contributed by atoms with Gasteiger partial charge in [0.05, 0.1) is 5.75 Å². The molecular formula is C22H29N3O2S. The van der Waals surface area contributed by atoms with Gasteiger partial charge in [0.1, 0.15) is 11.9 Å². The van der Waals surface area contributed by atoms with Crippen molar-refractivity contribution >= 4 is 17.7 Å². The quantitative estimate of drug-likeness (QED) is 0.651. The standard InChI is InChI=1S/C22H29N3O2S/c1-2-3-7-19-16-25(15-18-6-4-5-8-21(18)27-19)14-13-24-22(26)17-28-20-9-11-23-12-10-20/h4-6,8-12,19H,2-3,7,13-17H2,1H3,(H,24,26)/t19-/m1/s1. The maximum atomic E-state index is 12.1. The van der Waals surface area contributed by atoms with Crippen LogP contribution in [0.5, 0.6) is 5.75 Å². The zero-order chi connectivity index (χ0) is 19.6. The summed E-state index contributed by atoms with van der Waals surface area (Å²) in [4.78, 5) is 19.6. The first-order valence-electron chi connectivity index (χ1n) is 10.0. The minimum Gasteiger partial charge on any atom is -0.489 e. The highest BCUT2D eigenvalue weighted by molar-refractivity contribution is 8.00. The van der Waals surface area contributed by atoms with Gasteiger partial charge < -0.3 is 10.1 Å². The van der Waals surface area contributed by atoms with E-state index >= 15 is 0 Å². The van der Waals surface area contributed by atoms with Crippen LogP contribution >= 0.6 is 11.8 Å². The van der Waals surface area contributed by atoms with Crippen molar-refractivity contribution in [3.05, 3.63) is 54.4 Å². The summed E-state index contributed by atoms with van der Waals surface area (Å²) in [7, 11) is 0. The van der Waals surface area contributed by atoms with Crippen molar-refractivity contribution in [2.24, 2.45) is 0 Å². The highest BCUT2D eigenvalue weighted by Gasteiger charge is 2.22. The maximum Gasteiger partial charge on any atom is 0.230 e. The molecule has 1 aromatic heterocycles. The van der Waals surface area contributed by atoms with Crippen molar-refractivity contribution in [1.82, 2.24) is 15.2 Å². The van der Waals surface area contributed by atoms with Crippen molar-refractivity contribution < 1.29 is 9.53 Å². The van der Waals surface area contributed by atoms with E-state index in [1.165, 1.54) is 30.2 Å². The Morgan fingerprint density at radius 3 is 2.93 bits per heavy atom. The predicted octanol–water partition coefficient (Wildman–Crippen LogP) is 3.74. The fourth-order valence-corrected chi connectivity index (χ4v) is 4.01. The van der Waals surface area contributed by atoms with Gasteiger partial charge in [0, 0.05) is 49.0 Å². The number of carbonyl (C=O) groups is 1. The largest absolute Gasteiger partial charge is 0.489 e. The predicted molar refractivity (Wildman–Crippen MR) is 114 cm³/mol. The Bertz CT molecular complexity index is 742. The lowest BCUT2D eigenvalue weighted by Gasteiger charge is -2.24. The highest BCUT2D eigenvalue weighted by atomic mass is 32.2. The number of nitrogens with zero attached hydrogens (tertiary/aromatic N) is 2. The van der Waals surface area contributed by atoms with Gasteiger partial charge in [0.2, 0.25) is 5.91 Å². The van der Waals surface area contributed by atoms with Crippen LogP contribution in [-0.4, -0.2) is 47.3 Å². The zero-order valence-corrected chi connectivity index (χ0v) is 17.3. The third-order valence-electron chi connectivity index (χ3n) is 4.77. The number of hydrogen-bond acceptors (Lipinski definition) is 5. The summed E-state index contributed by atoms with van der Waals surface area (Å²) >= 11 is 1.53. The van der Waals surface area contributed by atoms with Gasteiger partial charge in [0.15, 0.2) is 0 Å². The fourth-order valence-electron chi connectivity index (χ4n) is 3.30. The Kier molecular flexibility index (Phi) is 8.18. The van der Waals surface area contributed by atoms with E-state index in [0.29, 0.717) is 12.3 Å². The molecule has 1 aliphatic heterocycles. The summed E-state index contributed by atoms with van der Waals surface area (Å²) in [5, 5.41) is 3.04. The molecule has 28 heavy (non-hydrogen) atoms. The number of unbranched alkanes of at least 4 members (excludes halogenated alkanes) is 1. The molecule has 1 N–H and O–H groups in total. The SMILES string of the molecule is CCCC[C@@H]1CN(CCNC(=O)CSc2ccncc2)Cc2ccccc2O1. The fraction of sp³-hybridized carbons (Fsp3) is 0.455. The van der Waals surface area contributed by atoms with Crippen molar-refractivity contribution in [1.29, 1.82) is 0 Å². The summed E-state index contributed by atoms with van der Waals surface area (Å²) in [6.07, 6.45) is 7.11. The van der Waals surface area contributed by atoms with E-state index in [1.807, 2.05) is 18.2 Å².